The molecule has 0 amide bonds. The van der Waals surface area contributed by atoms with Crippen LogP contribution < -0.4 is 0 Å². The highest BCUT2D eigenvalue weighted by Gasteiger charge is 2.45. The summed E-state index contributed by atoms with van der Waals surface area (Å²) >= 11 is 0. The zero-order chi connectivity index (χ0) is 17.0. The number of ketones is 2. The van der Waals surface area contributed by atoms with Gasteiger partial charge in [0.25, 0.3) is 0 Å². The SMILES string of the molecule is CC(=O)C(C(C)=O)[C@H](c1ccco1)[C@H](c1ccccc1)[N+](=O)[O-]. The number of hydrogen-bond acceptors (Lipinski definition) is 5. The van der Waals surface area contributed by atoms with Gasteiger partial charge in [-0.05, 0) is 26.0 Å². The predicted molar refractivity (Wildman–Crippen MR) is 82.5 cm³/mol. The Kier molecular flexibility index (Phi) is 5.05. The molecule has 6 nitrogen and oxygen atoms in total. The van der Waals surface area contributed by atoms with E-state index >= 15 is 0 Å². The van der Waals surface area contributed by atoms with Crippen LogP contribution in [0.1, 0.15) is 37.1 Å². The quantitative estimate of drug-likeness (QED) is 0.444. The first-order valence-electron chi connectivity index (χ1n) is 7.16. The fourth-order valence-electron chi connectivity index (χ4n) is 2.89. The lowest BCUT2D eigenvalue weighted by Crippen LogP contribution is -2.33. The third-order valence-electron chi connectivity index (χ3n) is 3.82. The van der Waals surface area contributed by atoms with Crippen molar-refractivity contribution in [1.82, 2.24) is 0 Å². The molecular formula is C17H17NO5. The van der Waals surface area contributed by atoms with Crippen molar-refractivity contribution in [3.05, 3.63) is 70.2 Å². The van der Waals surface area contributed by atoms with Crippen molar-refractivity contribution in [1.29, 1.82) is 0 Å². The van der Waals surface area contributed by atoms with Crippen LogP contribution in [0, 0.1) is 16.0 Å². The second-order valence-corrected chi connectivity index (χ2v) is 5.38. The Morgan fingerprint density at radius 2 is 1.65 bits per heavy atom. The van der Waals surface area contributed by atoms with Crippen molar-refractivity contribution in [2.24, 2.45) is 5.92 Å². The molecule has 2 atom stereocenters. The smallest absolute Gasteiger partial charge is 0.249 e. The van der Waals surface area contributed by atoms with Crippen LogP contribution in [0.25, 0.3) is 0 Å². The van der Waals surface area contributed by atoms with Gasteiger partial charge < -0.3 is 4.42 Å². The van der Waals surface area contributed by atoms with E-state index in [1.165, 1.54) is 20.1 Å². The molecule has 0 fully saturated rings. The van der Waals surface area contributed by atoms with Gasteiger partial charge >= 0.3 is 0 Å². The minimum Gasteiger partial charge on any atom is -0.469 e. The molecule has 0 N–H and O–H groups in total. The minimum atomic E-state index is -1.25. The molecule has 2 aromatic rings. The van der Waals surface area contributed by atoms with Gasteiger partial charge in [0.05, 0.1) is 12.2 Å². The van der Waals surface area contributed by atoms with E-state index in [2.05, 4.69) is 0 Å². The summed E-state index contributed by atoms with van der Waals surface area (Å²) < 4.78 is 5.32. The molecule has 0 aliphatic carbocycles. The first kappa shape index (κ1) is 16.6. The normalized spacial score (nSPS) is 13.5. The number of Topliss-reactive ketones (excluding diaryl/α,β-unsaturated/α-hetero) is 2. The molecule has 120 valence electrons. The van der Waals surface area contributed by atoms with Crippen molar-refractivity contribution in [3.63, 3.8) is 0 Å². The van der Waals surface area contributed by atoms with E-state index < -0.39 is 34.4 Å². The number of nitrogens with zero attached hydrogens (tertiary/aromatic N) is 1. The lowest BCUT2D eigenvalue weighted by molar-refractivity contribution is -0.534. The summed E-state index contributed by atoms with van der Waals surface area (Å²) in [6, 6.07) is 10.2. The minimum absolute atomic E-state index is 0.256. The zero-order valence-electron chi connectivity index (χ0n) is 12.8. The third-order valence-corrected chi connectivity index (χ3v) is 3.82. The van der Waals surface area contributed by atoms with Crippen molar-refractivity contribution in [2.75, 3.05) is 0 Å². The molecule has 0 saturated carbocycles. The highest BCUT2D eigenvalue weighted by molar-refractivity contribution is 6.01. The maximum Gasteiger partial charge on any atom is 0.249 e. The van der Waals surface area contributed by atoms with Crippen LogP contribution in [0.3, 0.4) is 0 Å². The van der Waals surface area contributed by atoms with E-state index in [9.17, 15) is 19.7 Å². The molecule has 23 heavy (non-hydrogen) atoms. The number of rotatable bonds is 7. The summed E-state index contributed by atoms with van der Waals surface area (Å²) in [5.74, 6) is -2.69. The Hall–Kier alpha value is -2.76. The molecule has 1 aromatic heterocycles. The van der Waals surface area contributed by atoms with Gasteiger partial charge in [0.15, 0.2) is 0 Å². The zero-order valence-corrected chi connectivity index (χ0v) is 12.8. The molecule has 6 heteroatoms. The topological polar surface area (TPSA) is 90.4 Å². The van der Waals surface area contributed by atoms with Gasteiger partial charge in [0, 0.05) is 10.5 Å². The summed E-state index contributed by atoms with van der Waals surface area (Å²) in [4.78, 5) is 35.2. The molecule has 1 heterocycles. The number of carbonyl (C=O) groups excluding carboxylic acids is 2. The first-order valence-corrected chi connectivity index (χ1v) is 7.16. The van der Waals surface area contributed by atoms with Crippen LogP contribution in [-0.2, 0) is 9.59 Å². The second kappa shape index (κ2) is 7.00. The second-order valence-electron chi connectivity index (χ2n) is 5.38. The Labute approximate surface area is 133 Å². The van der Waals surface area contributed by atoms with Gasteiger partial charge in [-0.15, -0.1) is 0 Å². The largest absolute Gasteiger partial charge is 0.469 e. The van der Waals surface area contributed by atoms with Crippen LogP contribution in [0.2, 0.25) is 0 Å². The number of furan rings is 1. The number of hydrogen-bond donors (Lipinski definition) is 0. The third kappa shape index (κ3) is 3.53. The lowest BCUT2D eigenvalue weighted by atomic mass is 9.77. The number of benzene rings is 1. The van der Waals surface area contributed by atoms with Crippen molar-refractivity contribution < 1.29 is 18.9 Å². The highest BCUT2D eigenvalue weighted by atomic mass is 16.6. The van der Waals surface area contributed by atoms with E-state index in [-0.39, 0.29) is 5.76 Å². The van der Waals surface area contributed by atoms with Crippen molar-refractivity contribution in [3.8, 4) is 0 Å². The van der Waals surface area contributed by atoms with Crippen LogP contribution >= 0.6 is 0 Å². The molecule has 0 saturated heterocycles. The summed E-state index contributed by atoms with van der Waals surface area (Å²) in [7, 11) is 0. The fraction of sp³-hybridized carbons (Fsp3) is 0.294. The van der Waals surface area contributed by atoms with Crippen LogP contribution in [0.4, 0.5) is 0 Å². The molecule has 0 spiro atoms. The maximum absolute atomic E-state index is 12.0. The summed E-state index contributed by atoms with van der Waals surface area (Å²) in [6.45, 7) is 2.54. The molecular weight excluding hydrogens is 298 g/mol. The molecule has 0 aliphatic rings. The molecule has 0 unspecified atom stereocenters. The van der Waals surface area contributed by atoms with Gasteiger partial charge in [-0.1, -0.05) is 30.3 Å². The maximum atomic E-state index is 12.0. The molecule has 0 bridgehead atoms. The van der Waals surface area contributed by atoms with E-state index in [0.717, 1.165) is 0 Å². The molecule has 2 rings (SSSR count). The van der Waals surface area contributed by atoms with Crippen LogP contribution in [0.5, 0.6) is 0 Å². The predicted octanol–water partition coefficient (Wildman–Crippen LogP) is 3.18. The first-order chi connectivity index (χ1) is 10.9. The van der Waals surface area contributed by atoms with E-state index in [1.807, 2.05) is 0 Å². The van der Waals surface area contributed by atoms with Crippen molar-refractivity contribution >= 4 is 11.6 Å². The van der Waals surface area contributed by atoms with Gasteiger partial charge in [-0.25, -0.2) is 0 Å². The Balaban J connectivity index is 2.61. The molecule has 1 aromatic carbocycles. The van der Waals surface area contributed by atoms with Gasteiger partial charge in [-0.2, -0.15) is 0 Å². The lowest BCUT2D eigenvalue weighted by Gasteiger charge is -2.24. The van der Waals surface area contributed by atoms with Crippen molar-refractivity contribution in [2.45, 2.75) is 25.8 Å². The van der Waals surface area contributed by atoms with Gasteiger partial charge in [0.1, 0.15) is 23.2 Å². The Morgan fingerprint density at radius 3 is 2.09 bits per heavy atom. The summed E-state index contributed by atoms with van der Waals surface area (Å²) in [5, 5.41) is 11.7. The Bertz CT molecular complexity index is 679. The monoisotopic (exact) mass is 315 g/mol. The fourth-order valence-corrected chi connectivity index (χ4v) is 2.89. The van der Waals surface area contributed by atoms with Gasteiger partial charge in [-0.3, -0.25) is 19.7 Å². The molecule has 0 radical (unpaired) electrons. The number of carbonyl (C=O) groups is 2. The average molecular weight is 315 g/mol. The Morgan fingerprint density at radius 1 is 1.04 bits per heavy atom. The standard InChI is InChI=1S/C17H17NO5/c1-11(19)15(12(2)20)16(14-9-6-10-23-14)17(18(21)22)13-7-4-3-5-8-13/h3-10,15-17H,1-2H3/t16-,17-/m0/s1. The highest BCUT2D eigenvalue weighted by Crippen LogP contribution is 2.40. The van der Waals surface area contributed by atoms with Gasteiger partial charge in [0.2, 0.25) is 6.04 Å². The molecule has 0 aliphatic heterocycles. The van der Waals surface area contributed by atoms with E-state index in [1.54, 1.807) is 42.5 Å². The summed E-state index contributed by atoms with van der Waals surface area (Å²) in [6.07, 6.45) is 1.38. The van der Waals surface area contributed by atoms with Crippen LogP contribution in [0.15, 0.2) is 53.1 Å². The average Bonchev–Trinajstić information content (AvgIpc) is 3.00. The number of nitro groups is 1. The van der Waals surface area contributed by atoms with E-state index in [4.69, 9.17) is 4.42 Å². The van der Waals surface area contributed by atoms with E-state index in [0.29, 0.717) is 5.56 Å². The summed E-state index contributed by atoms with van der Waals surface area (Å²) in [5.41, 5.74) is 0.423. The van der Waals surface area contributed by atoms with Crippen LogP contribution in [-0.4, -0.2) is 16.5 Å².